The lowest BCUT2D eigenvalue weighted by molar-refractivity contribution is 0.285. The van der Waals surface area contributed by atoms with Gasteiger partial charge in [-0.05, 0) is 29.8 Å². The average Bonchev–Trinajstić information content (AvgIpc) is 2.59. The third-order valence-electron chi connectivity index (χ3n) is 1.97. The lowest BCUT2D eigenvalue weighted by Crippen LogP contribution is -1.71. The predicted octanol–water partition coefficient (Wildman–Crippen LogP) is 3.77. The van der Waals surface area contributed by atoms with Gasteiger partial charge in [-0.2, -0.15) is 0 Å². The molecule has 0 aliphatic heterocycles. The Morgan fingerprint density at radius 1 is 1.43 bits per heavy atom. The number of thioether (sulfide) groups is 1. The van der Waals surface area contributed by atoms with Gasteiger partial charge in [-0.1, -0.05) is 11.6 Å². The van der Waals surface area contributed by atoms with Crippen molar-refractivity contribution in [2.24, 2.45) is 0 Å². The van der Waals surface area contributed by atoms with Crippen molar-refractivity contribution in [3.8, 4) is 0 Å². The van der Waals surface area contributed by atoms with Crippen molar-refractivity contribution in [3.63, 3.8) is 0 Å². The normalized spacial score (nSPS) is 11.1. The summed E-state index contributed by atoms with van der Waals surface area (Å²) in [5, 5.41) is 10.9. The van der Waals surface area contributed by atoms with Crippen molar-refractivity contribution in [3.05, 3.63) is 28.1 Å². The fourth-order valence-electron chi connectivity index (χ4n) is 1.37. The Morgan fingerprint density at radius 3 is 2.86 bits per heavy atom. The fourth-order valence-corrected chi connectivity index (χ4v) is 3.49. The number of aliphatic hydroxyl groups excluding tert-OH is 1. The summed E-state index contributed by atoms with van der Waals surface area (Å²) in [5.41, 5.74) is 0. The molecule has 1 aromatic heterocycles. The third kappa shape index (κ3) is 1.77. The zero-order valence-corrected chi connectivity index (χ0v) is 9.97. The fraction of sp³-hybridized carbons (Fsp3) is 0.200. The summed E-state index contributed by atoms with van der Waals surface area (Å²) in [6, 6.07) is 5.89. The van der Waals surface area contributed by atoms with Gasteiger partial charge in [-0.3, -0.25) is 0 Å². The summed E-state index contributed by atoms with van der Waals surface area (Å²) in [7, 11) is 0. The van der Waals surface area contributed by atoms with E-state index in [0.717, 1.165) is 15.3 Å². The van der Waals surface area contributed by atoms with Crippen molar-refractivity contribution in [1.82, 2.24) is 0 Å². The van der Waals surface area contributed by atoms with E-state index >= 15 is 0 Å². The van der Waals surface area contributed by atoms with Crippen LogP contribution in [0.25, 0.3) is 10.1 Å². The largest absolute Gasteiger partial charge is 0.391 e. The molecule has 74 valence electrons. The predicted molar refractivity (Wildman–Crippen MR) is 64.5 cm³/mol. The lowest BCUT2D eigenvalue weighted by atomic mass is 10.2. The van der Waals surface area contributed by atoms with E-state index in [1.54, 1.807) is 23.1 Å². The number of benzene rings is 1. The zero-order chi connectivity index (χ0) is 10.1. The van der Waals surface area contributed by atoms with Crippen LogP contribution >= 0.6 is 34.7 Å². The van der Waals surface area contributed by atoms with Crippen molar-refractivity contribution in [1.29, 1.82) is 0 Å². The first-order valence-corrected chi connectivity index (χ1v) is 6.53. The van der Waals surface area contributed by atoms with Gasteiger partial charge in [0.05, 0.1) is 6.61 Å². The maximum atomic E-state index is 9.04. The Labute approximate surface area is 95.7 Å². The Hall–Kier alpha value is -0.220. The minimum atomic E-state index is 0.102. The molecule has 0 unspecified atom stereocenters. The number of aliphatic hydroxyl groups is 1. The molecule has 0 saturated carbocycles. The monoisotopic (exact) mass is 244 g/mol. The molecule has 14 heavy (non-hydrogen) atoms. The molecule has 2 rings (SSSR count). The van der Waals surface area contributed by atoms with E-state index in [-0.39, 0.29) is 6.61 Å². The van der Waals surface area contributed by atoms with Gasteiger partial charge in [0.1, 0.15) is 0 Å². The maximum Gasteiger partial charge on any atom is 0.0774 e. The van der Waals surface area contributed by atoms with Gasteiger partial charge in [0.15, 0.2) is 0 Å². The van der Waals surface area contributed by atoms with Crippen molar-refractivity contribution < 1.29 is 5.11 Å². The minimum Gasteiger partial charge on any atom is -0.391 e. The van der Waals surface area contributed by atoms with Crippen LogP contribution in [0.2, 0.25) is 5.02 Å². The van der Waals surface area contributed by atoms with Gasteiger partial charge in [-0.15, -0.1) is 23.1 Å². The molecule has 0 bridgehead atoms. The third-order valence-corrected chi connectivity index (χ3v) is 4.25. The summed E-state index contributed by atoms with van der Waals surface area (Å²) in [5.74, 6) is 0. The van der Waals surface area contributed by atoms with Gasteiger partial charge in [0, 0.05) is 19.5 Å². The molecule has 0 spiro atoms. The second kappa shape index (κ2) is 4.11. The number of hydrogen-bond donors (Lipinski definition) is 1. The summed E-state index contributed by atoms with van der Waals surface area (Å²) < 4.78 is 1.21. The molecular weight excluding hydrogens is 236 g/mol. The van der Waals surface area contributed by atoms with E-state index in [4.69, 9.17) is 16.7 Å². The van der Waals surface area contributed by atoms with Gasteiger partial charge >= 0.3 is 0 Å². The molecule has 0 aliphatic rings. The van der Waals surface area contributed by atoms with E-state index in [1.807, 2.05) is 24.5 Å². The summed E-state index contributed by atoms with van der Waals surface area (Å²) in [6.45, 7) is 0.102. The van der Waals surface area contributed by atoms with E-state index in [2.05, 4.69) is 0 Å². The number of halogens is 1. The summed E-state index contributed by atoms with van der Waals surface area (Å²) in [6.07, 6.45) is 2.03. The standard InChI is InChI=1S/C10H9ClOS2/c1-13-9-4-7(11)2-6-3-8(5-12)14-10(6)9/h2-4,12H,5H2,1H3. The van der Waals surface area contributed by atoms with E-state index < -0.39 is 0 Å². The molecular formula is C10H9ClOS2. The minimum absolute atomic E-state index is 0.102. The van der Waals surface area contributed by atoms with Crippen LogP contribution in [0.4, 0.5) is 0 Å². The van der Waals surface area contributed by atoms with Gasteiger partial charge in [-0.25, -0.2) is 0 Å². The Bertz CT molecular complexity index is 464. The number of fused-ring (bicyclic) bond motifs is 1. The van der Waals surface area contributed by atoms with Gasteiger partial charge in [0.2, 0.25) is 0 Å². The zero-order valence-electron chi connectivity index (χ0n) is 7.58. The molecule has 0 amide bonds. The van der Waals surface area contributed by atoms with Crippen LogP contribution in [0.5, 0.6) is 0 Å². The Morgan fingerprint density at radius 2 is 2.21 bits per heavy atom. The maximum absolute atomic E-state index is 9.04. The van der Waals surface area contributed by atoms with Crippen LogP contribution in [0.15, 0.2) is 23.1 Å². The van der Waals surface area contributed by atoms with E-state index in [1.165, 1.54) is 9.60 Å². The highest BCUT2D eigenvalue weighted by Gasteiger charge is 2.06. The van der Waals surface area contributed by atoms with Crippen molar-refractivity contribution >= 4 is 44.8 Å². The smallest absolute Gasteiger partial charge is 0.0774 e. The second-order valence-corrected chi connectivity index (χ2v) is 5.32. The highest BCUT2D eigenvalue weighted by molar-refractivity contribution is 7.99. The van der Waals surface area contributed by atoms with Crippen LogP contribution in [0.1, 0.15) is 4.88 Å². The lowest BCUT2D eigenvalue weighted by Gasteiger charge is -1.98. The van der Waals surface area contributed by atoms with Gasteiger partial charge in [0.25, 0.3) is 0 Å². The number of hydrogen-bond acceptors (Lipinski definition) is 3. The molecule has 2 aromatic rings. The first kappa shape index (κ1) is 10.3. The van der Waals surface area contributed by atoms with Crippen LogP contribution in [-0.2, 0) is 6.61 Å². The molecule has 0 radical (unpaired) electrons. The Balaban J connectivity index is 2.71. The Kier molecular flexibility index (Phi) is 3.02. The first-order valence-electron chi connectivity index (χ1n) is 4.11. The molecule has 1 aromatic carbocycles. The molecule has 4 heteroatoms. The highest BCUT2D eigenvalue weighted by atomic mass is 35.5. The molecule has 0 atom stereocenters. The van der Waals surface area contributed by atoms with Crippen LogP contribution in [-0.4, -0.2) is 11.4 Å². The molecule has 1 nitrogen and oxygen atoms in total. The second-order valence-electron chi connectivity index (χ2n) is 2.90. The van der Waals surface area contributed by atoms with Crippen LogP contribution in [0.3, 0.4) is 0 Å². The van der Waals surface area contributed by atoms with Crippen molar-refractivity contribution in [2.45, 2.75) is 11.5 Å². The van der Waals surface area contributed by atoms with Crippen LogP contribution in [0, 0.1) is 0 Å². The first-order chi connectivity index (χ1) is 6.74. The van der Waals surface area contributed by atoms with E-state index in [9.17, 15) is 0 Å². The van der Waals surface area contributed by atoms with Crippen LogP contribution < -0.4 is 0 Å². The summed E-state index contributed by atoms with van der Waals surface area (Å²) in [4.78, 5) is 2.16. The number of rotatable bonds is 2. The SMILES string of the molecule is CSc1cc(Cl)cc2cc(CO)sc12. The molecule has 0 aliphatic carbocycles. The number of thiophene rings is 1. The molecule has 0 fully saturated rings. The topological polar surface area (TPSA) is 20.2 Å². The quantitative estimate of drug-likeness (QED) is 0.812. The van der Waals surface area contributed by atoms with Crippen molar-refractivity contribution in [2.75, 3.05) is 6.26 Å². The average molecular weight is 245 g/mol. The molecule has 0 saturated heterocycles. The summed E-state index contributed by atoms with van der Waals surface area (Å²) >= 11 is 9.29. The highest BCUT2D eigenvalue weighted by Crippen LogP contribution is 2.36. The molecule has 1 heterocycles. The molecule has 1 N–H and O–H groups in total. The van der Waals surface area contributed by atoms with Gasteiger partial charge < -0.3 is 5.11 Å². The van der Waals surface area contributed by atoms with E-state index in [0.29, 0.717) is 0 Å².